The summed E-state index contributed by atoms with van der Waals surface area (Å²) in [7, 11) is 1.69. The van der Waals surface area contributed by atoms with Crippen LogP contribution in [0.5, 0.6) is 5.75 Å². The quantitative estimate of drug-likeness (QED) is 0.728. The molecule has 0 bridgehead atoms. The average molecular weight is 370 g/mol. The number of rotatable bonds is 6. The lowest BCUT2D eigenvalue weighted by Gasteiger charge is -2.35. The molecule has 1 aliphatic rings. The molecule has 1 fully saturated rings. The van der Waals surface area contributed by atoms with Crippen LogP contribution in [0.1, 0.15) is 41.6 Å². The van der Waals surface area contributed by atoms with E-state index in [0.29, 0.717) is 12.6 Å². The van der Waals surface area contributed by atoms with Gasteiger partial charge < -0.3 is 14.2 Å². The van der Waals surface area contributed by atoms with Gasteiger partial charge in [-0.3, -0.25) is 9.69 Å². The summed E-state index contributed by atoms with van der Waals surface area (Å²) < 4.78 is 7.57. The molecule has 3 rings (SSSR count). The predicted octanol–water partition coefficient (Wildman–Crippen LogP) is 3.70. The van der Waals surface area contributed by atoms with Crippen molar-refractivity contribution in [1.29, 1.82) is 0 Å². The van der Waals surface area contributed by atoms with Crippen LogP contribution in [0.4, 0.5) is 5.69 Å². The van der Waals surface area contributed by atoms with E-state index in [4.69, 9.17) is 4.74 Å². The first-order chi connectivity index (χ1) is 12.9. The van der Waals surface area contributed by atoms with E-state index < -0.39 is 0 Å². The lowest BCUT2D eigenvalue weighted by atomic mass is 10.1. The van der Waals surface area contributed by atoms with Gasteiger partial charge in [-0.05, 0) is 45.9 Å². The summed E-state index contributed by atoms with van der Waals surface area (Å²) in [4.78, 5) is 17.5. The fourth-order valence-corrected chi connectivity index (χ4v) is 4.11. The summed E-state index contributed by atoms with van der Waals surface area (Å²) in [6.45, 7) is 12.6. The number of hydrogen-bond donors (Lipinski definition) is 0. The average Bonchev–Trinajstić information content (AvgIpc) is 2.97. The maximum atomic E-state index is 12.9. The van der Waals surface area contributed by atoms with Crippen LogP contribution >= 0.6 is 0 Å². The molecule has 0 atom stereocenters. The Hall–Kier alpha value is -2.27. The molecule has 5 nitrogen and oxygen atoms in total. The van der Waals surface area contributed by atoms with Gasteiger partial charge in [0.15, 0.2) is 5.78 Å². The molecule has 0 amide bonds. The second-order valence-corrected chi connectivity index (χ2v) is 7.64. The van der Waals surface area contributed by atoms with E-state index in [9.17, 15) is 4.79 Å². The van der Waals surface area contributed by atoms with Crippen molar-refractivity contribution in [2.75, 3.05) is 44.7 Å². The van der Waals surface area contributed by atoms with E-state index in [1.165, 1.54) is 5.69 Å². The predicted molar refractivity (Wildman–Crippen MR) is 110 cm³/mol. The van der Waals surface area contributed by atoms with E-state index in [1.807, 2.05) is 18.2 Å². The van der Waals surface area contributed by atoms with E-state index in [-0.39, 0.29) is 5.78 Å². The van der Waals surface area contributed by atoms with Gasteiger partial charge in [0.05, 0.1) is 13.7 Å². The molecule has 5 heteroatoms. The number of benzene rings is 1. The molecule has 1 saturated heterocycles. The number of anilines is 1. The van der Waals surface area contributed by atoms with Gasteiger partial charge in [-0.2, -0.15) is 0 Å². The van der Waals surface area contributed by atoms with E-state index in [2.05, 4.69) is 54.2 Å². The summed E-state index contributed by atoms with van der Waals surface area (Å²) >= 11 is 0. The highest BCUT2D eigenvalue weighted by Gasteiger charge is 2.22. The van der Waals surface area contributed by atoms with Crippen LogP contribution < -0.4 is 9.64 Å². The van der Waals surface area contributed by atoms with Gasteiger partial charge in [0.25, 0.3) is 0 Å². The van der Waals surface area contributed by atoms with Gasteiger partial charge in [0.2, 0.25) is 0 Å². The number of hydrogen-bond acceptors (Lipinski definition) is 4. The van der Waals surface area contributed by atoms with Crippen molar-refractivity contribution < 1.29 is 9.53 Å². The molecule has 2 aromatic rings. The zero-order valence-corrected chi connectivity index (χ0v) is 17.2. The molecule has 0 radical (unpaired) electrons. The lowest BCUT2D eigenvalue weighted by molar-refractivity contribution is 0.0925. The zero-order chi connectivity index (χ0) is 19.6. The smallest absolute Gasteiger partial charge is 0.178 e. The summed E-state index contributed by atoms with van der Waals surface area (Å²) in [6.07, 6.45) is 0. The molecule has 1 aliphatic heterocycles. The molecule has 1 aromatic heterocycles. The minimum Gasteiger partial charge on any atom is -0.497 e. The first-order valence-electron chi connectivity index (χ1n) is 9.73. The lowest BCUT2D eigenvalue weighted by Crippen LogP contribution is -2.48. The molecule has 0 saturated carbocycles. The number of carbonyl (C=O) groups is 1. The SMILES string of the molecule is COc1cccc(N2CCN(CC(=O)c3cc(C)n(C(C)C)c3C)CC2)c1. The minimum absolute atomic E-state index is 0.227. The number of aromatic nitrogens is 1. The Bertz CT molecular complexity index is 802. The Morgan fingerprint density at radius 2 is 1.81 bits per heavy atom. The van der Waals surface area contributed by atoms with Crippen LogP contribution in [0.3, 0.4) is 0 Å². The Morgan fingerprint density at radius 1 is 1.11 bits per heavy atom. The highest BCUT2D eigenvalue weighted by atomic mass is 16.5. The molecule has 0 aliphatic carbocycles. The molecule has 27 heavy (non-hydrogen) atoms. The minimum atomic E-state index is 0.227. The number of piperazine rings is 1. The third-order valence-corrected chi connectivity index (χ3v) is 5.46. The summed E-state index contributed by atoms with van der Waals surface area (Å²) in [5, 5.41) is 0. The van der Waals surface area contributed by atoms with Gasteiger partial charge in [-0.1, -0.05) is 6.07 Å². The molecule has 0 spiro atoms. The highest BCUT2D eigenvalue weighted by Crippen LogP contribution is 2.23. The Kier molecular flexibility index (Phi) is 5.90. The fraction of sp³-hybridized carbons (Fsp3) is 0.500. The van der Waals surface area contributed by atoms with Gasteiger partial charge >= 0.3 is 0 Å². The first kappa shape index (κ1) is 19.5. The van der Waals surface area contributed by atoms with Gasteiger partial charge in [-0.25, -0.2) is 0 Å². The summed E-state index contributed by atoms with van der Waals surface area (Å²) in [5.41, 5.74) is 4.30. The third kappa shape index (κ3) is 4.19. The molecule has 0 N–H and O–H groups in total. The zero-order valence-electron chi connectivity index (χ0n) is 17.2. The van der Waals surface area contributed by atoms with Gasteiger partial charge in [-0.15, -0.1) is 0 Å². The topological polar surface area (TPSA) is 37.7 Å². The van der Waals surface area contributed by atoms with Gasteiger partial charge in [0, 0.05) is 60.9 Å². The van der Waals surface area contributed by atoms with E-state index in [1.54, 1.807) is 7.11 Å². The Labute approximate surface area is 162 Å². The van der Waals surface area contributed by atoms with Crippen molar-refractivity contribution in [2.24, 2.45) is 0 Å². The van der Waals surface area contributed by atoms with Crippen LogP contribution in [-0.2, 0) is 0 Å². The van der Waals surface area contributed by atoms with Crippen molar-refractivity contribution in [2.45, 2.75) is 33.7 Å². The largest absolute Gasteiger partial charge is 0.497 e. The maximum absolute atomic E-state index is 12.9. The second-order valence-electron chi connectivity index (χ2n) is 7.64. The molecular formula is C22H31N3O2. The van der Waals surface area contributed by atoms with Crippen LogP contribution in [-0.4, -0.2) is 55.1 Å². The van der Waals surface area contributed by atoms with Crippen LogP contribution in [0.25, 0.3) is 0 Å². The van der Waals surface area contributed by atoms with Crippen molar-refractivity contribution in [3.05, 3.63) is 47.3 Å². The standard InChI is InChI=1S/C22H31N3O2/c1-16(2)25-17(3)13-21(18(25)4)22(26)15-23-9-11-24(12-10-23)19-7-6-8-20(14-19)27-5/h6-8,13-14,16H,9-12,15H2,1-5H3. The summed E-state index contributed by atoms with van der Waals surface area (Å²) in [6, 6.07) is 10.6. The first-order valence-corrected chi connectivity index (χ1v) is 9.73. The summed E-state index contributed by atoms with van der Waals surface area (Å²) in [5.74, 6) is 1.11. The number of Topliss-reactive ketones (excluding diaryl/α,β-unsaturated/α-hetero) is 1. The van der Waals surface area contributed by atoms with Crippen LogP contribution in [0, 0.1) is 13.8 Å². The number of methoxy groups -OCH3 is 1. The second kappa shape index (κ2) is 8.17. The normalized spacial score (nSPS) is 15.4. The number of ketones is 1. The van der Waals surface area contributed by atoms with Crippen LogP contribution in [0.15, 0.2) is 30.3 Å². The Morgan fingerprint density at radius 3 is 2.41 bits per heavy atom. The fourth-order valence-electron chi connectivity index (χ4n) is 4.11. The number of carbonyl (C=O) groups excluding carboxylic acids is 1. The van der Waals surface area contributed by atoms with E-state index in [0.717, 1.165) is 48.9 Å². The van der Waals surface area contributed by atoms with Crippen molar-refractivity contribution in [1.82, 2.24) is 9.47 Å². The van der Waals surface area contributed by atoms with Crippen molar-refractivity contribution >= 4 is 11.5 Å². The van der Waals surface area contributed by atoms with E-state index >= 15 is 0 Å². The third-order valence-electron chi connectivity index (χ3n) is 5.46. The van der Waals surface area contributed by atoms with Crippen molar-refractivity contribution in [3.8, 4) is 5.75 Å². The number of ether oxygens (including phenoxy) is 1. The Balaban J connectivity index is 1.61. The van der Waals surface area contributed by atoms with Gasteiger partial charge in [0.1, 0.15) is 5.75 Å². The highest BCUT2D eigenvalue weighted by molar-refractivity contribution is 5.99. The van der Waals surface area contributed by atoms with Crippen molar-refractivity contribution in [3.63, 3.8) is 0 Å². The number of aryl methyl sites for hydroxylation is 1. The maximum Gasteiger partial charge on any atom is 0.178 e. The molecule has 2 heterocycles. The number of nitrogens with zero attached hydrogens (tertiary/aromatic N) is 3. The molecular weight excluding hydrogens is 338 g/mol. The molecule has 1 aromatic carbocycles. The van der Waals surface area contributed by atoms with Crippen LogP contribution in [0.2, 0.25) is 0 Å². The molecule has 0 unspecified atom stereocenters. The monoisotopic (exact) mass is 369 g/mol. The molecule has 146 valence electrons.